The van der Waals surface area contributed by atoms with Crippen LogP contribution < -0.4 is 5.32 Å². The number of nitrogens with one attached hydrogen (secondary N) is 1. The Hall–Kier alpha value is -2.81. The zero-order valence-electron chi connectivity index (χ0n) is 48.8. The van der Waals surface area contributed by atoms with Gasteiger partial charge in [0.2, 0.25) is 5.91 Å². The van der Waals surface area contributed by atoms with E-state index in [9.17, 15) is 19.0 Å². The second-order valence-corrected chi connectivity index (χ2v) is 22.9. The van der Waals surface area contributed by atoms with E-state index in [4.69, 9.17) is 13.8 Å². The van der Waals surface area contributed by atoms with Gasteiger partial charge in [-0.3, -0.25) is 18.6 Å². The lowest BCUT2D eigenvalue weighted by Crippen LogP contribution is -2.47. The number of amides is 1. The van der Waals surface area contributed by atoms with Crippen LogP contribution in [0.25, 0.3) is 0 Å². The maximum Gasteiger partial charge on any atom is 0.472 e. The molecule has 1 amide bonds. The highest BCUT2D eigenvalue weighted by Crippen LogP contribution is 2.43. The van der Waals surface area contributed by atoms with Crippen molar-refractivity contribution in [2.45, 2.75) is 270 Å². The van der Waals surface area contributed by atoms with E-state index in [0.717, 1.165) is 77.0 Å². The number of carbonyl (C=O) groups is 2. The third kappa shape index (κ3) is 54.0. The van der Waals surface area contributed by atoms with Gasteiger partial charge in [0.15, 0.2) is 0 Å². The summed E-state index contributed by atoms with van der Waals surface area (Å²) in [5.41, 5.74) is 0. The van der Waals surface area contributed by atoms with Gasteiger partial charge in [0.25, 0.3) is 0 Å². The van der Waals surface area contributed by atoms with Crippen molar-refractivity contribution in [2.24, 2.45) is 0 Å². The molecular formula is C64H116N2O7P+. The van der Waals surface area contributed by atoms with Crippen LogP contribution in [0.2, 0.25) is 0 Å². The number of likely N-dealkylation sites (N-methyl/N-ethyl adjacent to an activating group) is 1. The van der Waals surface area contributed by atoms with Crippen LogP contribution in [0.1, 0.15) is 258 Å². The maximum absolute atomic E-state index is 13.5. The van der Waals surface area contributed by atoms with Gasteiger partial charge in [-0.05, 0) is 96.0 Å². The van der Waals surface area contributed by atoms with Crippen LogP contribution in [-0.4, -0.2) is 74.3 Å². The number of quaternary nitrogens is 1. The number of hydrogen-bond acceptors (Lipinski definition) is 6. The van der Waals surface area contributed by atoms with Crippen LogP contribution in [-0.2, 0) is 27.9 Å². The standard InChI is InChI=1S/C64H115N2O7P/c1-7-10-13-16-19-22-25-28-30-32-33-35-36-38-41-44-47-50-53-56-63(67)65-61(60-72-74(69,70)71-59-58-66(4,5)6)62(55-52-49-46-43-40-27-24-21-18-15-12-9-3)73-64(68)57-54-51-48-45-42-39-37-34-31-29-26-23-20-17-14-11-8-2/h11,14,20,23,28-31,37,39,45,48,52,55,61-62H,7-10,12-13,15-19,21-22,24-27,32-36,38,40-44,46-47,49-51,53-54,56-60H2,1-6H3,(H-,65,67,69,70)/p+1/b14-11-,23-20-,30-28+,31-29-,39-37-,48-45-,55-52+. The molecule has 3 unspecified atom stereocenters. The molecule has 0 fully saturated rings. The molecule has 428 valence electrons. The lowest BCUT2D eigenvalue weighted by atomic mass is 10.0. The number of allylic oxidation sites excluding steroid dienone is 13. The normalized spacial score (nSPS) is 14.3. The number of phosphoric acid groups is 1. The summed E-state index contributed by atoms with van der Waals surface area (Å²) >= 11 is 0. The minimum atomic E-state index is -4.46. The van der Waals surface area contributed by atoms with E-state index >= 15 is 0 Å². The van der Waals surface area contributed by atoms with E-state index in [-0.39, 0.29) is 31.5 Å². The van der Waals surface area contributed by atoms with Gasteiger partial charge in [0.05, 0.1) is 33.8 Å². The van der Waals surface area contributed by atoms with Crippen molar-refractivity contribution in [3.8, 4) is 0 Å². The van der Waals surface area contributed by atoms with E-state index in [1.165, 1.54) is 141 Å². The second kappa shape index (κ2) is 53.6. The number of carbonyl (C=O) groups excluding carboxylic acids is 2. The van der Waals surface area contributed by atoms with Gasteiger partial charge in [-0.1, -0.05) is 235 Å². The number of phosphoric ester groups is 1. The molecule has 3 atom stereocenters. The summed E-state index contributed by atoms with van der Waals surface area (Å²) in [6.45, 7) is 6.86. The summed E-state index contributed by atoms with van der Waals surface area (Å²) in [5.74, 6) is -0.576. The van der Waals surface area contributed by atoms with Crippen LogP contribution in [0.4, 0.5) is 0 Å². The number of hydrogen-bond donors (Lipinski definition) is 2. The van der Waals surface area contributed by atoms with Crippen LogP contribution in [0.5, 0.6) is 0 Å². The third-order valence-electron chi connectivity index (χ3n) is 13.1. The largest absolute Gasteiger partial charge is 0.472 e. The fourth-order valence-electron chi connectivity index (χ4n) is 8.38. The maximum atomic E-state index is 13.5. The van der Waals surface area contributed by atoms with Gasteiger partial charge >= 0.3 is 13.8 Å². The van der Waals surface area contributed by atoms with Crippen molar-refractivity contribution < 1.29 is 37.3 Å². The van der Waals surface area contributed by atoms with Gasteiger partial charge in [-0.15, -0.1) is 0 Å². The summed E-state index contributed by atoms with van der Waals surface area (Å²) in [6, 6.07) is -0.875. The van der Waals surface area contributed by atoms with Crippen LogP contribution >= 0.6 is 7.82 Å². The predicted octanol–water partition coefficient (Wildman–Crippen LogP) is 18.6. The number of nitrogens with zero attached hydrogens (tertiary/aromatic N) is 1. The summed E-state index contributed by atoms with van der Waals surface area (Å²) in [4.78, 5) is 37.6. The highest BCUT2D eigenvalue weighted by atomic mass is 31.2. The minimum Gasteiger partial charge on any atom is -0.456 e. The Kier molecular flexibility index (Phi) is 51.5. The van der Waals surface area contributed by atoms with Gasteiger partial charge in [0, 0.05) is 12.8 Å². The Morgan fingerprint density at radius 3 is 1.34 bits per heavy atom. The molecule has 0 saturated carbocycles. The van der Waals surface area contributed by atoms with Crippen LogP contribution in [0, 0.1) is 0 Å². The summed E-state index contributed by atoms with van der Waals surface area (Å²) in [6.07, 6.45) is 70.1. The summed E-state index contributed by atoms with van der Waals surface area (Å²) in [7, 11) is 1.46. The zero-order chi connectivity index (χ0) is 54.3. The molecule has 0 radical (unpaired) electrons. The van der Waals surface area contributed by atoms with Crippen molar-refractivity contribution in [1.82, 2.24) is 5.32 Å². The molecule has 0 aromatic carbocycles. The molecule has 0 aliphatic heterocycles. The molecule has 0 aromatic rings. The summed E-state index contributed by atoms with van der Waals surface area (Å²) in [5, 5.41) is 3.04. The first kappa shape index (κ1) is 71.2. The Labute approximate surface area is 456 Å². The third-order valence-corrected chi connectivity index (χ3v) is 14.1. The van der Waals surface area contributed by atoms with Crippen molar-refractivity contribution in [2.75, 3.05) is 40.9 Å². The quantitative estimate of drug-likeness (QED) is 0.0205. The molecule has 0 aromatic heterocycles. The fraction of sp³-hybridized carbons (Fsp3) is 0.750. The molecule has 0 aliphatic carbocycles. The van der Waals surface area contributed by atoms with E-state index in [2.05, 4.69) is 99.0 Å². The Balaban J connectivity index is 5.36. The zero-order valence-corrected chi connectivity index (χ0v) is 49.7. The van der Waals surface area contributed by atoms with Crippen molar-refractivity contribution in [1.29, 1.82) is 0 Å². The monoisotopic (exact) mass is 1060 g/mol. The van der Waals surface area contributed by atoms with Crippen molar-refractivity contribution in [3.63, 3.8) is 0 Å². The minimum absolute atomic E-state index is 0.0281. The van der Waals surface area contributed by atoms with E-state index in [1.807, 2.05) is 33.3 Å². The topological polar surface area (TPSA) is 111 Å². The first-order valence-electron chi connectivity index (χ1n) is 30.4. The Morgan fingerprint density at radius 1 is 0.486 bits per heavy atom. The molecular weight excluding hydrogens is 940 g/mol. The van der Waals surface area contributed by atoms with E-state index in [1.54, 1.807) is 0 Å². The van der Waals surface area contributed by atoms with E-state index < -0.39 is 20.0 Å². The lowest BCUT2D eigenvalue weighted by molar-refractivity contribution is -0.870. The average molecular weight is 1060 g/mol. The second-order valence-electron chi connectivity index (χ2n) is 21.5. The molecule has 0 rings (SSSR count). The Morgan fingerprint density at radius 2 is 0.878 bits per heavy atom. The SMILES string of the molecule is CC/C=C\C/C=C\C/C=C\C/C=C\C/C=C\CCCC(=O)OC(/C=C/CCCCCCCCCCCC)C(COP(=O)(O)OCC[N+](C)(C)C)NC(=O)CCCCCCCCCCC/C=C/CCCCCCCC. The fourth-order valence-corrected chi connectivity index (χ4v) is 9.12. The molecule has 74 heavy (non-hydrogen) atoms. The van der Waals surface area contributed by atoms with E-state index in [0.29, 0.717) is 23.9 Å². The van der Waals surface area contributed by atoms with Gasteiger partial charge in [0.1, 0.15) is 19.3 Å². The molecule has 0 aliphatic rings. The predicted molar refractivity (Wildman–Crippen MR) is 318 cm³/mol. The van der Waals surface area contributed by atoms with Crippen LogP contribution in [0.15, 0.2) is 85.1 Å². The highest BCUT2D eigenvalue weighted by molar-refractivity contribution is 7.47. The van der Waals surface area contributed by atoms with Crippen LogP contribution in [0.3, 0.4) is 0 Å². The number of unbranched alkanes of at least 4 members (excludes halogenated alkanes) is 26. The smallest absolute Gasteiger partial charge is 0.456 e. The summed E-state index contributed by atoms with van der Waals surface area (Å²) < 4.78 is 30.6. The Bertz CT molecular complexity index is 1540. The van der Waals surface area contributed by atoms with Crippen molar-refractivity contribution >= 4 is 19.7 Å². The molecule has 0 heterocycles. The first-order chi connectivity index (χ1) is 35.9. The molecule has 9 nitrogen and oxygen atoms in total. The van der Waals surface area contributed by atoms with Gasteiger partial charge in [-0.25, -0.2) is 4.57 Å². The molecule has 0 spiro atoms. The number of rotatable bonds is 54. The average Bonchev–Trinajstić information content (AvgIpc) is 3.36. The molecule has 0 bridgehead atoms. The molecule has 2 N–H and O–H groups in total. The van der Waals surface area contributed by atoms with Crippen molar-refractivity contribution in [3.05, 3.63) is 85.1 Å². The number of esters is 1. The first-order valence-corrected chi connectivity index (χ1v) is 31.9. The molecule has 0 saturated heterocycles. The van der Waals surface area contributed by atoms with Gasteiger partial charge in [-0.2, -0.15) is 0 Å². The lowest BCUT2D eigenvalue weighted by Gasteiger charge is -2.27. The highest BCUT2D eigenvalue weighted by Gasteiger charge is 2.30. The molecule has 10 heteroatoms. The number of ether oxygens (including phenoxy) is 1. The van der Waals surface area contributed by atoms with Gasteiger partial charge < -0.3 is 19.4 Å².